The number of hydrogen-bond acceptors (Lipinski definition) is 4. The molecule has 0 fully saturated rings. The molecule has 0 aromatic heterocycles. The number of alkyl halides is 1. The lowest BCUT2D eigenvalue weighted by Gasteiger charge is -2.26. The van der Waals surface area contributed by atoms with Gasteiger partial charge in [0.25, 0.3) is 0 Å². The minimum absolute atomic E-state index is 0.00533. The Morgan fingerprint density at radius 3 is 1.36 bits per heavy atom. The van der Waals surface area contributed by atoms with Crippen LogP contribution in [-0.2, 0) is 19.7 Å². The molecule has 0 unspecified atom stereocenters. The molecule has 2 aromatic rings. The second-order valence-corrected chi connectivity index (χ2v) is 12.6. The Morgan fingerprint density at radius 1 is 0.773 bits per heavy atom. The van der Waals surface area contributed by atoms with E-state index in [0.29, 0.717) is 0 Å². The van der Waals surface area contributed by atoms with Crippen LogP contribution in [0.5, 0.6) is 0 Å². The molecule has 0 spiro atoms. The molecule has 0 bridgehead atoms. The predicted molar refractivity (Wildman–Crippen MR) is 94.3 cm³/mol. The fourth-order valence-electron chi connectivity index (χ4n) is 2.08. The first-order chi connectivity index (χ1) is 10.3. The number of benzene rings is 2. The maximum atomic E-state index is 12.9. The van der Waals surface area contributed by atoms with Crippen molar-refractivity contribution in [3.63, 3.8) is 0 Å². The van der Waals surface area contributed by atoms with Crippen molar-refractivity contribution >= 4 is 42.3 Å². The minimum Gasteiger partial charge on any atom is -0.221 e. The Morgan fingerprint density at radius 2 is 1.09 bits per heavy atom. The van der Waals surface area contributed by atoms with Crippen molar-refractivity contribution in [1.29, 1.82) is 0 Å². The van der Waals surface area contributed by atoms with Crippen LogP contribution in [-0.4, -0.2) is 18.9 Å². The van der Waals surface area contributed by atoms with Gasteiger partial charge in [-0.3, -0.25) is 0 Å². The molecule has 7 heteroatoms. The zero-order chi connectivity index (χ0) is 16.4. The summed E-state index contributed by atoms with van der Waals surface area (Å²) in [6.07, 6.45) is -0.0536. The molecular formula is C15H15IO4S2. The van der Waals surface area contributed by atoms with E-state index in [4.69, 9.17) is 0 Å². The van der Waals surface area contributed by atoms with E-state index in [1.807, 2.05) is 0 Å². The molecule has 0 saturated heterocycles. The van der Waals surface area contributed by atoms with Gasteiger partial charge in [-0.2, -0.15) is 0 Å². The largest absolute Gasteiger partial charge is 0.231 e. The Hall–Kier alpha value is -0.930. The highest BCUT2D eigenvalue weighted by molar-refractivity contribution is 14.1. The van der Waals surface area contributed by atoms with Crippen molar-refractivity contribution in [3.05, 3.63) is 60.7 Å². The normalized spacial score (nSPS) is 13.0. The number of sulfone groups is 2. The summed E-state index contributed by atoms with van der Waals surface area (Å²) < 4.78 is 49.7. The first-order valence-electron chi connectivity index (χ1n) is 6.55. The molecule has 0 aliphatic rings. The summed E-state index contributed by atoms with van der Waals surface area (Å²) in [6.45, 7) is 1.56. The van der Waals surface area contributed by atoms with Gasteiger partial charge in [-0.25, -0.2) is 16.8 Å². The molecule has 0 radical (unpaired) electrons. The fraction of sp³-hybridized carbons (Fsp3) is 0.200. The third kappa shape index (κ3) is 2.69. The summed E-state index contributed by atoms with van der Waals surface area (Å²) in [6, 6.07) is 15.3. The van der Waals surface area contributed by atoms with Gasteiger partial charge in [0.05, 0.1) is 9.79 Å². The molecule has 4 nitrogen and oxygen atoms in total. The van der Waals surface area contributed by atoms with Gasteiger partial charge in [-0.15, -0.1) is 0 Å². The van der Waals surface area contributed by atoms with E-state index in [9.17, 15) is 16.8 Å². The second-order valence-electron chi connectivity index (χ2n) is 4.65. The number of rotatable bonds is 5. The SMILES string of the molecule is CCC(I)(S(=O)(=O)c1ccccc1)S(=O)(=O)c1ccccc1. The lowest BCUT2D eigenvalue weighted by molar-refractivity contribution is 0.569. The molecule has 22 heavy (non-hydrogen) atoms. The summed E-state index contributed by atoms with van der Waals surface area (Å²) in [5.41, 5.74) is 0. The molecule has 0 aliphatic carbocycles. The minimum atomic E-state index is -4.06. The summed E-state index contributed by atoms with van der Waals surface area (Å²) in [5, 5.41) is 0. The van der Waals surface area contributed by atoms with Crippen molar-refractivity contribution < 1.29 is 16.8 Å². The van der Waals surface area contributed by atoms with Crippen LogP contribution in [0.15, 0.2) is 70.5 Å². The second kappa shape index (κ2) is 6.29. The van der Waals surface area contributed by atoms with Crippen LogP contribution in [0.2, 0.25) is 0 Å². The van der Waals surface area contributed by atoms with Crippen LogP contribution in [0, 0.1) is 0 Å². The van der Waals surface area contributed by atoms with E-state index < -0.39 is 21.8 Å². The molecule has 0 heterocycles. The van der Waals surface area contributed by atoms with Gasteiger partial charge >= 0.3 is 0 Å². The fourth-order valence-corrected chi connectivity index (χ4v) is 7.83. The van der Waals surface area contributed by atoms with Gasteiger partial charge in [0.15, 0.2) is 0 Å². The zero-order valence-corrected chi connectivity index (χ0v) is 15.6. The van der Waals surface area contributed by atoms with Crippen LogP contribution in [0.1, 0.15) is 13.3 Å². The molecule has 2 aromatic carbocycles. The molecule has 0 N–H and O–H groups in total. The smallest absolute Gasteiger partial charge is 0.221 e. The van der Waals surface area contributed by atoms with Gasteiger partial charge in [-0.1, -0.05) is 43.3 Å². The lowest BCUT2D eigenvalue weighted by atomic mass is 10.4. The van der Waals surface area contributed by atoms with E-state index in [1.165, 1.54) is 24.3 Å². The highest BCUT2D eigenvalue weighted by Gasteiger charge is 2.52. The van der Waals surface area contributed by atoms with Crippen LogP contribution < -0.4 is 0 Å². The van der Waals surface area contributed by atoms with E-state index in [-0.39, 0.29) is 16.2 Å². The van der Waals surface area contributed by atoms with Gasteiger partial charge in [0, 0.05) is 0 Å². The van der Waals surface area contributed by atoms with Crippen LogP contribution in [0.4, 0.5) is 0 Å². The number of halogens is 1. The third-order valence-electron chi connectivity index (χ3n) is 3.33. The van der Waals surface area contributed by atoms with Crippen LogP contribution in [0.3, 0.4) is 0 Å². The topological polar surface area (TPSA) is 68.3 Å². The Labute approximate surface area is 144 Å². The predicted octanol–water partition coefficient (Wildman–Crippen LogP) is 3.43. The molecule has 0 amide bonds. The van der Waals surface area contributed by atoms with Crippen LogP contribution in [0.25, 0.3) is 0 Å². The monoisotopic (exact) mass is 450 g/mol. The standard InChI is InChI=1S/C15H15IO4S2/c1-2-15(16,21(17,18)13-9-5-3-6-10-13)22(19,20)14-11-7-4-8-12-14/h3-12H,2H2,1H3. The van der Waals surface area contributed by atoms with Crippen molar-refractivity contribution in [2.75, 3.05) is 0 Å². The first kappa shape index (κ1) is 17.4. The van der Waals surface area contributed by atoms with Gasteiger partial charge < -0.3 is 0 Å². The van der Waals surface area contributed by atoms with E-state index >= 15 is 0 Å². The molecule has 118 valence electrons. The zero-order valence-electron chi connectivity index (χ0n) is 11.8. The Balaban J connectivity index is 2.69. The molecule has 2 rings (SSSR count). The van der Waals surface area contributed by atoms with Crippen molar-refractivity contribution in [2.45, 2.75) is 25.2 Å². The van der Waals surface area contributed by atoms with Crippen molar-refractivity contribution in [3.8, 4) is 0 Å². The average Bonchev–Trinajstić information content (AvgIpc) is 2.55. The Kier molecular flexibility index (Phi) is 4.98. The van der Waals surface area contributed by atoms with Crippen molar-refractivity contribution in [1.82, 2.24) is 0 Å². The van der Waals surface area contributed by atoms with E-state index in [0.717, 1.165) is 0 Å². The summed E-state index contributed by atoms with van der Waals surface area (Å²) in [4.78, 5) is 0.0107. The highest BCUT2D eigenvalue weighted by atomic mass is 127. The highest BCUT2D eigenvalue weighted by Crippen LogP contribution is 2.43. The summed E-state index contributed by atoms with van der Waals surface area (Å²) in [5.74, 6) is 0. The van der Waals surface area contributed by atoms with E-state index in [1.54, 1.807) is 65.9 Å². The molecule has 0 aliphatic heterocycles. The van der Waals surface area contributed by atoms with Crippen molar-refractivity contribution in [2.24, 2.45) is 0 Å². The lowest BCUT2D eigenvalue weighted by Crippen LogP contribution is -2.40. The molecule has 0 atom stereocenters. The Bertz CT molecular complexity index is 775. The maximum absolute atomic E-state index is 12.9. The first-order valence-corrected chi connectivity index (χ1v) is 10.6. The van der Waals surface area contributed by atoms with E-state index in [2.05, 4.69) is 0 Å². The van der Waals surface area contributed by atoms with Crippen LogP contribution >= 0.6 is 22.6 Å². The molecular weight excluding hydrogens is 435 g/mol. The molecule has 0 saturated carbocycles. The third-order valence-corrected chi connectivity index (χ3v) is 12.9. The maximum Gasteiger partial charge on any atom is 0.231 e. The quantitative estimate of drug-likeness (QED) is 0.517. The average molecular weight is 450 g/mol. The van der Waals surface area contributed by atoms with Gasteiger partial charge in [0.2, 0.25) is 21.8 Å². The number of hydrogen-bond donors (Lipinski definition) is 0. The summed E-state index contributed by atoms with van der Waals surface area (Å²) in [7, 11) is -8.12. The van der Waals surface area contributed by atoms with Gasteiger partial charge in [0.1, 0.15) is 0 Å². The van der Waals surface area contributed by atoms with Gasteiger partial charge in [-0.05, 0) is 53.3 Å². The summed E-state index contributed by atoms with van der Waals surface area (Å²) >= 11 is 1.56.